The van der Waals surface area contributed by atoms with Crippen molar-refractivity contribution in [2.75, 3.05) is 13.7 Å². The van der Waals surface area contributed by atoms with Crippen LogP contribution in [0.2, 0.25) is 0 Å². The molecule has 3 aromatic rings. The van der Waals surface area contributed by atoms with E-state index in [0.717, 1.165) is 16.9 Å². The van der Waals surface area contributed by atoms with E-state index < -0.39 is 0 Å². The first-order valence-corrected chi connectivity index (χ1v) is 10.1. The molecule has 6 nitrogen and oxygen atoms in total. The number of oxazole rings is 1. The zero-order valence-electron chi connectivity index (χ0n) is 18.1. The van der Waals surface area contributed by atoms with E-state index in [2.05, 4.69) is 11.6 Å². The summed E-state index contributed by atoms with van der Waals surface area (Å²) >= 11 is 0. The van der Waals surface area contributed by atoms with Crippen molar-refractivity contribution in [3.05, 3.63) is 72.6 Å². The Kier molecular flexibility index (Phi) is 7.49. The van der Waals surface area contributed by atoms with Crippen molar-refractivity contribution in [3.63, 3.8) is 0 Å². The lowest BCUT2D eigenvalue weighted by molar-refractivity contribution is -0.117. The molecule has 0 aliphatic heterocycles. The number of ketones is 1. The number of rotatable bonds is 11. The molecule has 0 unspecified atom stereocenters. The number of carbonyl (C=O) groups is 1. The third-order valence-electron chi connectivity index (χ3n) is 4.42. The van der Waals surface area contributed by atoms with Gasteiger partial charge in [-0.15, -0.1) is 0 Å². The second-order valence-corrected chi connectivity index (χ2v) is 7.28. The highest BCUT2D eigenvalue weighted by molar-refractivity contribution is 5.83. The molecule has 0 spiro atoms. The molecule has 31 heavy (non-hydrogen) atoms. The molecule has 3 rings (SSSR count). The Bertz CT molecular complexity index is 1040. The van der Waals surface area contributed by atoms with Crippen molar-refractivity contribution in [2.24, 2.45) is 0 Å². The molecule has 0 atom stereocenters. The van der Waals surface area contributed by atoms with E-state index in [1.165, 1.54) is 6.26 Å². The summed E-state index contributed by atoms with van der Waals surface area (Å²) in [6.45, 7) is 7.93. The fraction of sp³-hybridized carbons (Fsp3) is 0.280. The predicted octanol–water partition coefficient (Wildman–Crippen LogP) is 5.06. The van der Waals surface area contributed by atoms with E-state index in [9.17, 15) is 4.79 Å². The Morgan fingerprint density at radius 1 is 1.13 bits per heavy atom. The number of benzene rings is 2. The molecule has 0 radical (unpaired) electrons. The van der Waals surface area contributed by atoms with Gasteiger partial charge in [0.1, 0.15) is 24.4 Å². The van der Waals surface area contributed by atoms with Crippen LogP contribution in [0.15, 0.2) is 65.8 Å². The van der Waals surface area contributed by atoms with Crippen LogP contribution in [0, 0.1) is 0 Å². The monoisotopic (exact) mass is 421 g/mol. The van der Waals surface area contributed by atoms with Crippen LogP contribution in [0.4, 0.5) is 0 Å². The average molecular weight is 421 g/mol. The van der Waals surface area contributed by atoms with Crippen molar-refractivity contribution in [2.45, 2.75) is 32.8 Å². The smallest absolute Gasteiger partial charge is 0.226 e. The van der Waals surface area contributed by atoms with E-state index in [4.69, 9.17) is 18.6 Å². The van der Waals surface area contributed by atoms with Crippen LogP contribution in [0.5, 0.6) is 17.2 Å². The molecule has 0 aliphatic rings. The van der Waals surface area contributed by atoms with Gasteiger partial charge in [0, 0.05) is 17.5 Å². The van der Waals surface area contributed by atoms with Crippen LogP contribution in [0.1, 0.15) is 25.1 Å². The lowest BCUT2D eigenvalue weighted by Crippen LogP contribution is -2.11. The summed E-state index contributed by atoms with van der Waals surface area (Å²) in [6.07, 6.45) is 3.66. The van der Waals surface area contributed by atoms with Gasteiger partial charge in [-0.2, -0.15) is 0 Å². The van der Waals surface area contributed by atoms with Gasteiger partial charge in [0.05, 0.1) is 25.3 Å². The standard InChI is InChI=1S/C25H27NO5/c1-5-12-29-24-14-19(10-11-23(24)28-4)25-26-20(16-30-25)15-21(27)13-18-8-6-7-9-22(18)31-17(2)3/h5-11,14,16-17H,1,12-13,15H2,2-4H3. The first kappa shape index (κ1) is 22.2. The first-order valence-electron chi connectivity index (χ1n) is 10.1. The summed E-state index contributed by atoms with van der Waals surface area (Å²) < 4.78 is 22.4. The van der Waals surface area contributed by atoms with Crippen molar-refractivity contribution in [3.8, 4) is 28.7 Å². The minimum atomic E-state index is 0.0318. The maximum absolute atomic E-state index is 12.6. The Morgan fingerprint density at radius 2 is 1.94 bits per heavy atom. The third-order valence-corrected chi connectivity index (χ3v) is 4.42. The van der Waals surface area contributed by atoms with E-state index in [1.807, 2.05) is 44.2 Å². The minimum Gasteiger partial charge on any atom is -0.493 e. The Morgan fingerprint density at radius 3 is 2.68 bits per heavy atom. The topological polar surface area (TPSA) is 70.8 Å². The molecule has 0 amide bonds. The van der Waals surface area contributed by atoms with Crippen LogP contribution < -0.4 is 14.2 Å². The average Bonchev–Trinajstić information content (AvgIpc) is 3.21. The Labute approximate surface area is 182 Å². The van der Waals surface area contributed by atoms with Crippen LogP contribution in [-0.2, 0) is 17.6 Å². The second kappa shape index (κ2) is 10.5. The van der Waals surface area contributed by atoms with Gasteiger partial charge in [0.2, 0.25) is 5.89 Å². The number of para-hydroxylation sites is 1. The predicted molar refractivity (Wildman–Crippen MR) is 119 cm³/mol. The van der Waals surface area contributed by atoms with Gasteiger partial charge in [-0.3, -0.25) is 4.79 Å². The van der Waals surface area contributed by atoms with Crippen LogP contribution in [0.3, 0.4) is 0 Å². The van der Waals surface area contributed by atoms with Crippen LogP contribution >= 0.6 is 0 Å². The fourth-order valence-electron chi connectivity index (χ4n) is 3.09. The van der Waals surface area contributed by atoms with Gasteiger partial charge in [0.15, 0.2) is 11.5 Å². The fourth-order valence-corrected chi connectivity index (χ4v) is 3.09. The van der Waals surface area contributed by atoms with Gasteiger partial charge in [-0.05, 0) is 38.1 Å². The third kappa shape index (κ3) is 5.98. The summed E-state index contributed by atoms with van der Waals surface area (Å²) in [7, 11) is 1.58. The van der Waals surface area contributed by atoms with E-state index >= 15 is 0 Å². The zero-order chi connectivity index (χ0) is 22.2. The molecule has 1 heterocycles. The van der Waals surface area contributed by atoms with E-state index in [-0.39, 0.29) is 24.7 Å². The maximum atomic E-state index is 12.6. The van der Waals surface area contributed by atoms with Gasteiger partial charge < -0.3 is 18.6 Å². The maximum Gasteiger partial charge on any atom is 0.226 e. The van der Waals surface area contributed by atoms with Gasteiger partial charge in [0.25, 0.3) is 0 Å². The van der Waals surface area contributed by atoms with Crippen LogP contribution in [-0.4, -0.2) is 30.6 Å². The molecule has 0 N–H and O–H groups in total. The number of hydrogen-bond donors (Lipinski definition) is 0. The highest BCUT2D eigenvalue weighted by atomic mass is 16.5. The van der Waals surface area contributed by atoms with Crippen molar-refractivity contribution in [1.82, 2.24) is 4.98 Å². The summed E-state index contributed by atoms with van der Waals surface area (Å²) in [5, 5.41) is 0. The van der Waals surface area contributed by atoms with E-state index in [0.29, 0.717) is 29.7 Å². The lowest BCUT2D eigenvalue weighted by atomic mass is 10.0. The molecule has 0 saturated heterocycles. The quantitative estimate of drug-likeness (QED) is 0.403. The van der Waals surface area contributed by atoms with Crippen molar-refractivity contribution in [1.29, 1.82) is 0 Å². The molecule has 1 aromatic heterocycles. The lowest BCUT2D eigenvalue weighted by Gasteiger charge is -2.13. The largest absolute Gasteiger partial charge is 0.493 e. The number of hydrogen-bond acceptors (Lipinski definition) is 6. The molecule has 0 saturated carbocycles. The molecule has 2 aromatic carbocycles. The molecular weight excluding hydrogens is 394 g/mol. The van der Waals surface area contributed by atoms with Crippen molar-refractivity contribution < 1.29 is 23.4 Å². The summed E-state index contributed by atoms with van der Waals surface area (Å²) in [5.41, 5.74) is 2.17. The highest BCUT2D eigenvalue weighted by Crippen LogP contribution is 2.32. The SMILES string of the molecule is C=CCOc1cc(-c2nc(CC(=O)Cc3ccccc3OC(C)C)co2)ccc1OC. The number of nitrogens with zero attached hydrogens (tertiary/aromatic N) is 1. The van der Waals surface area contributed by atoms with Crippen LogP contribution in [0.25, 0.3) is 11.5 Å². The number of Topliss-reactive ketones (excluding diaryl/α,β-unsaturated/α-hetero) is 1. The van der Waals surface area contributed by atoms with Gasteiger partial charge in [-0.1, -0.05) is 30.9 Å². The van der Waals surface area contributed by atoms with Gasteiger partial charge >= 0.3 is 0 Å². The molecule has 6 heteroatoms. The van der Waals surface area contributed by atoms with Crippen molar-refractivity contribution >= 4 is 5.78 Å². The molecular formula is C25H27NO5. The number of aromatic nitrogens is 1. The Hall–Kier alpha value is -3.54. The molecule has 0 bridgehead atoms. The molecule has 0 fully saturated rings. The summed E-state index contributed by atoms with van der Waals surface area (Å²) in [5.74, 6) is 2.35. The minimum absolute atomic E-state index is 0.0318. The first-order chi connectivity index (χ1) is 15.0. The normalized spacial score (nSPS) is 10.7. The zero-order valence-corrected chi connectivity index (χ0v) is 18.1. The molecule has 0 aliphatic carbocycles. The molecule has 162 valence electrons. The van der Waals surface area contributed by atoms with E-state index in [1.54, 1.807) is 25.3 Å². The summed E-state index contributed by atoms with van der Waals surface area (Å²) in [4.78, 5) is 17.1. The number of carbonyl (C=O) groups excluding carboxylic acids is 1. The Balaban J connectivity index is 1.70. The highest BCUT2D eigenvalue weighted by Gasteiger charge is 2.15. The van der Waals surface area contributed by atoms with Gasteiger partial charge in [-0.25, -0.2) is 4.98 Å². The second-order valence-electron chi connectivity index (χ2n) is 7.28. The number of ether oxygens (including phenoxy) is 3. The number of methoxy groups -OCH3 is 1. The summed E-state index contributed by atoms with van der Waals surface area (Å²) in [6, 6.07) is 13.0.